The van der Waals surface area contributed by atoms with E-state index < -0.39 is 23.7 Å². The smallest absolute Gasteiger partial charge is 0.471 e. The van der Waals surface area contributed by atoms with Crippen LogP contribution in [0, 0.1) is 0 Å². The minimum absolute atomic E-state index is 0.383. The number of thiophene rings is 1. The molecule has 2 aromatic heterocycles. The minimum Gasteiger partial charge on any atom is -0.477 e. The summed E-state index contributed by atoms with van der Waals surface area (Å²) in [4.78, 5) is 22.0. The van der Waals surface area contributed by atoms with Gasteiger partial charge in [-0.05, 0) is 6.07 Å². The van der Waals surface area contributed by atoms with Crippen LogP contribution in [0.3, 0.4) is 0 Å². The number of amides is 1. The van der Waals surface area contributed by atoms with Crippen LogP contribution in [0.5, 0.6) is 0 Å². The van der Waals surface area contributed by atoms with Crippen molar-refractivity contribution >= 4 is 28.9 Å². The molecule has 1 amide bonds. The lowest BCUT2D eigenvalue weighted by Crippen LogP contribution is -2.30. The molecular weight excluding hydrogens is 311 g/mol. The van der Waals surface area contributed by atoms with Gasteiger partial charge in [-0.1, -0.05) is 0 Å². The first-order valence-corrected chi connectivity index (χ1v) is 6.24. The maximum atomic E-state index is 12.2. The standard InChI is InChI=1S/C11H8F3N3O3S/c1-17-4-5(3-15-17)7-2-6(8(21-7)9(18)19)16-10(20)11(12,13)14/h2-4H,1H3,(H,16,20)(H,18,19). The summed E-state index contributed by atoms with van der Waals surface area (Å²) < 4.78 is 38.2. The largest absolute Gasteiger partial charge is 0.477 e. The van der Waals surface area contributed by atoms with Crippen molar-refractivity contribution in [3.8, 4) is 10.4 Å². The molecule has 0 bridgehead atoms. The molecule has 2 rings (SSSR count). The summed E-state index contributed by atoms with van der Waals surface area (Å²) in [5.41, 5.74) is 0.145. The Morgan fingerprint density at radius 3 is 2.57 bits per heavy atom. The van der Waals surface area contributed by atoms with Gasteiger partial charge in [-0.3, -0.25) is 9.48 Å². The van der Waals surface area contributed by atoms with E-state index in [9.17, 15) is 22.8 Å². The fourth-order valence-electron chi connectivity index (χ4n) is 1.53. The Hall–Kier alpha value is -2.36. The molecule has 0 fully saturated rings. The van der Waals surface area contributed by atoms with Gasteiger partial charge in [0.1, 0.15) is 4.88 Å². The first kappa shape index (κ1) is 15.0. The van der Waals surface area contributed by atoms with E-state index in [4.69, 9.17) is 5.11 Å². The van der Waals surface area contributed by atoms with E-state index in [1.165, 1.54) is 16.9 Å². The van der Waals surface area contributed by atoms with Gasteiger partial charge in [-0.25, -0.2) is 4.79 Å². The number of aromatic nitrogens is 2. The van der Waals surface area contributed by atoms with E-state index in [0.717, 1.165) is 11.3 Å². The average Bonchev–Trinajstić information content (AvgIpc) is 2.94. The highest BCUT2D eigenvalue weighted by Gasteiger charge is 2.39. The molecule has 2 N–H and O–H groups in total. The zero-order chi connectivity index (χ0) is 15.8. The van der Waals surface area contributed by atoms with Crippen LogP contribution in [-0.2, 0) is 11.8 Å². The molecule has 21 heavy (non-hydrogen) atoms. The zero-order valence-electron chi connectivity index (χ0n) is 10.4. The number of aryl methyl sites for hydroxylation is 1. The van der Waals surface area contributed by atoms with Gasteiger partial charge in [0.05, 0.1) is 11.9 Å². The maximum Gasteiger partial charge on any atom is 0.471 e. The molecule has 2 heterocycles. The van der Waals surface area contributed by atoms with Crippen LogP contribution in [0.25, 0.3) is 10.4 Å². The molecule has 0 atom stereocenters. The van der Waals surface area contributed by atoms with Crippen molar-refractivity contribution in [2.45, 2.75) is 6.18 Å². The van der Waals surface area contributed by atoms with E-state index in [2.05, 4.69) is 5.10 Å². The summed E-state index contributed by atoms with van der Waals surface area (Å²) in [5.74, 6) is -3.65. The fraction of sp³-hybridized carbons (Fsp3) is 0.182. The van der Waals surface area contributed by atoms with Gasteiger partial charge in [-0.15, -0.1) is 11.3 Å². The second-order valence-corrected chi connectivity index (χ2v) is 5.07. The van der Waals surface area contributed by atoms with Crippen LogP contribution < -0.4 is 5.32 Å². The number of aromatic carboxylic acids is 1. The quantitative estimate of drug-likeness (QED) is 0.909. The molecule has 10 heteroatoms. The Morgan fingerprint density at radius 2 is 2.10 bits per heavy atom. The van der Waals surface area contributed by atoms with Crippen LogP contribution in [0.4, 0.5) is 18.9 Å². The minimum atomic E-state index is -5.09. The molecule has 0 aliphatic heterocycles. The molecule has 0 unspecified atom stereocenters. The first-order chi connectivity index (χ1) is 9.68. The van der Waals surface area contributed by atoms with Gasteiger partial charge >= 0.3 is 18.1 Å². The third-order valence-electron chi connectivity index (χ3n) is 2.42. The number of rotatable bonds is 3. The highest BCUT2D eigenvalue weighted by atomic mass is 32.1. The highest BCUT2D eigenvalue weighted by molar-refractivity contribution is 7.18. The highest BCUT2D eigenvalue weighted by Crippen LogP contribution is 2.35. The van der Waals surface area contributed by atoms with Crippen molar-refractivity contribution in [2.75, 3.05) is 5.32 Å². The number of carboxylic acids is 1. The molecule has 112 valence electrons. The van der Waals surface area contributed by atoms with Gasteiger partial charge in [-0.2, -0.15) is 18.3 Å². The normalized spacial score (nSPS) is 11.4. The number of hydrogen-bond acceptors (Lipinski definition) is 4. The zero-order valence-corrected chi connectivity index (χ0v) is 11.2. The number of anilines is 1. The first-order valence-electron chi connectivity index (χ1n) is 5.43. The number of carbonyl (C=O) groups is 2. The van der Waals surface area contributed by atoms with Crippen LogP contribution in [0.15, 0.2) is 18.5 Å². The monoisotopic (exact) mass is 319 g/mol. The number of halogens is 3. The molecule has 0 radical (unpaired) electrons. The Balaban J connectivity index is 2.39. The number of carboxylic acid groups (broad SMARTS) is 1. The molecule has 0 saturated carbocycles. The van der Waals surface area contributed by atoms with Crippen LogP contribution in [0.2, 0.25) is 0 Å². The molecule has 6 nitrogen and oxygen atoms in total. The average molecular weight is 319 g/mol. The van der Waals surface area contributed by atoms with E-state index in [1.54, 1.807) is 18.6 Å². The third-order valence-corrected chi connectivity index (χ3v) is 3.59. The van der Waals surface area contributed by atoms with E-state index in [0.29, 0.717) is 10.4 Å². The third kappa shape index (κ3) is 3.21. The topological polar surface area (TPSA) is 84.2 Å². The fourth-order valence-corrected chi connectivity index (χ4v) is 2.45. The van der Waals surface area contributed by atoms with Crippen LogP contribution in [-0.4, -0.2) is 32.9 Å². The lowest BCUT2D eigenvalue weighted by molar-refractivity contribution is -0.167. The summed E-state index contributed by atoms with van der Waals surface area (Å²) in [6, 6.07) is 1.18. The van der Waals surface area contributed by atoms with Crippen molar-refractivity contribution in [3.05, 3.63) is 23.3 Å². The summed E-state index contributed by atoms with van der Waals surface area (Å²) >= 11 is 0.752. The molecular formula is C11H8F3N3O3S. The molecule has 0 aliphatic rings. The number of alkyl halides is 3. The van der Waals surface area contributed by atoms with E-state index in [1.807, 2.05) is 0 Å². The van der Waals surface area contributed by atoms with Gasteiger partial charge in [0.2, 0.25) is 0 Å². The number of hydrogen-bond donors (Lipinski definition) is 2. The Labute approximate surface area is 119 Å². The van der Waals surface area contributed by atoms with E-state index in [-0.39, 0.29) is 4.88 Å². The van der Waals surface area contributed by atoms with Crippen LogP contribution >= 0.6 is 11.3 Å². The summed E-state index contributed by atoms with van der Waals surface area (Å²) in [5, 5.41) is 14.5. The predicted octanol–water partition coefficient (Wildman–Crippen LogP) is 2.35. The van der Waals surface area contributed by atoms with Crippen molar-refractivity contribution in [2.24, 2.45) is 7.05 Å². The Bertz CT molecular complexity index is 705. The number of carbonyl (C=O) groups excluding carboxylic acids is 1. The van der Waals surface area contributed by atoms with Crippen molar-refractivity contribution in [1.29, 1.82) is 0 Å². The molecule has 2 aromatic rings. The summed E-state index contributed by atoms with van der Waals surface area (Å²) in [6.45, 7) is 0. The number of nitrogens with one attached hydrogen (secondary N) is 1. The SMILES string of the molecule is Cn1cc(-c2cc(NC(=O)C(F)(F)F)c(C(=O)O)s2)cn1. The second-order valence-electron chi connectivity index (χ2n) is 4.01. The van der Waals surface area contributed by atoms with Gasteiger partial charge < -0.3 is 10.4 Å². The lowest BCUT2D eigenvalue weighted by atomic mass is 10.2. The van der Waals surface area contributed by atoms with Crippen molar-refractivity contribution < 1.29 is 27.9 Å². The van der Waals surface area contributed by atoms with Gasteiger partial charge in [0.15, 0.2) is 0 Å². The molecule has 0 aliphatic carbocycles. The Morgan fingerprint density at radius 1 is 1.43 bits per heavy atom. The van der Waals surface area contributed by atoms with Crippen molar-refractivity contribution in [1.82, 2.24) is 9.78 Å². The van der Waals surface area contributed by atoms with Crippen molar-refractivity contribution in [3.63, 3.8) is 0 Å². The maximum absolute atomic E-state index is 12.2. The van der Waals surface area contributed by atoms with Crippen LogP contribution in [0.1, 0.15) is 9.67 Å². The van der Waals surface area contributed by atoms with Gasteiger partial charge in [0, 0.05) is 23.7 Å². The van der Waals surface area contributed by atoms with Gasteiger partial charge in [0.25, 0.3) is 0 Å². The predicted molar refractivity (Wildman–Crippen MR) is 68.2 cm³/mol. The Kier molecular flexibility index (Phi) is 3.73. The number of nitrogens with zero attached hydrogens (tertiary/aromatic N) is 2. The van der Waals surface area contributed by atoms with E-state index >= 15 is 0 Å². The summed E-state index contributed by atoms with van der Waals surface area (Å²) in [7, 11) is 1.64. The summed E-state index contributed by atoms with van der Waals surface area (Å²) in [6.07, 6.45) is -2.08. The molecule has 0 saturated heterocycles. The second kappa shape index (κ2) is 5.20. The lowest BCUT2D eigenvalue weighted by Gasteiger charge is -2.06. The molecule has 0 aromatic carbocycles. The molecule has 0 spiro atoms.